The number of aromatic nitrogens is 2. The van der Waals surface area contributed by atoms with Crippen molar-refractivity contribution >= 4 is 33.2 Å². The second-order valence-corrected chi connectivity index (χ2v) is 11.6. The molecule has 1 saturated heterocycles. The zero-order valence-corrected chi connectivity index (χ0v) is 19.2. The van der Waals surface area contributed by atoms with Crippen LogP contribution in [0.15, 0.2) is 6.20 Å². The molecule has 3 aliphatic rings. The highest BCUT2D eigenvalue weighted by Crippen LogP contribution is 2.60. The van der Waals surface area contributed by atoms with Gasteiger partial charge in [-0.1, -0.05) is 0 Å². The summed E-state index contributed by atoms with van der Waals surface area (Å²) in [6.45, 7) is 2.71. The maximum absolute atomic E-state index is 14.7. The fourth-order valence-electron chi connectivity index (χ4n) is 4.63. The Balaban J connectivity index is 1.41. The van der Waals surface area contributed by atoms with Crippen molar-refractivity contribution in [2.24, 2.45) is 0 Å². The molecule has 0 unspecified atom stereocenters. The van der Waals surface area contributed by atoms with Crippen LogP contribution < -0.4 is 5.32 Å². The molecule has 2 aliphatic heterocycles. The predicted molar refractivity (Wildman–Crippen MR) is 116 cm³/mol. The third kappa shape index (κ3) is 3.25. The molecular formula is C20H24FN5O3S2. The summed E-state index contributed by atoms with van der Waals surface area (Å²) >= 11 is 1.46. The Morgan fingerprint density at radius 2 is 1.97 bits per heavy atom. The average Bonchev–Trinajstić information content (AvgIpc) is 3.42. The fourth-order valence-corrected chi connectivity index (χ4v) is 7.08. The van der Waals surface area contributed by atoms with E-state index >= 15 is 0 Å². The van der Waals surface area contributed by atoms with Gasteiger partial charge in [0.25, 0.3) is 5.91 Å². The molecule has 8 nitrogen and oxygen atoms in total. The summed E-state index contributed by atoms with van der Waals surface area (Å²) < 4.78 is 39.6. The average molecular weight is 466 g/mol. The Labute approximate surface area is 184 Å². The lowest BCUT2D eigenvalue weighted by Crippen LogP contribution is -2.42. The third-order valence-electron chi connectivity index (χ3n) is 6.67. The molecule has 1 saturated carbocycles. The van der Waals surface area contributed by atoms with E-state index in [-0.39, 0.29) is 23.2 Å². The summed E-state index contributed by atoms with van der Waals surface area (Å²) in [5, 5.41) is 3.22. The lowest BCUT2D eigenvalue weighted by atomic mass is 10.1. The molecule has 2 aromatic rings. The lowest BCUT2D eigenvalue weighted by Gasteiger charge is -2.30. The van der Waals surface area contributed by atoms with E-state index in [0.717, 1.165) is 29.5 Å². The Kier molecular flexibility index (Phi) is 4.65. The van der Waals surface area contributed by atoms with Crippen LogP contribution in [0.2, 0.25) is 0 Å². The van der Waals surface area contributed by atoms with Crippen molar-refractivity contribution in [3.05, 3.63) is 28.0 Å². The van der Waals surface area contributed by atoms with Crippen LogP contribution in [-0.4, -0.2) is 65.9 Å². The van der Waals surface area contributed by atoms with Crippen LogP contribution in [0.5, 0.6) is 0 Å². The van der Waals surface area contributed by atoms with Gasteiger partial charge in [0.15, 0.2) is 5.82 Å². The van der Waals surface area contributed by atoms with E-state index in [4.69, 9.17) is 0 Å². The minimum atomic E-state index is -3.19. The second-order valence-electron chi connectivity index (χ2n) is 8.63. The van der Waals surface area contributed by atoms with E-state index in [2.05, 4.69) is 15.3 Å². The summed E-state index contributed by atoms with van der Waals surface area (Å²) in [6.07, 6.45) is 5.49. The molecule has 2 fully saturated rings. The van der Waals surface area contributed by atoms with E-state index in [1.54, 1.807) is 0 Å². The molecule has 31 heavy (non-hydrogen) atoms. The number of carbonyl (C=O) groups is 1. The van der Waals surface area contributed by atoms with Gasteiger partial charge >= 0.3 is 0 Å². The van der Waals surface area contributed by atoms with Crippen molar-refractivity contribution in [3.8, 4) is 10.6 Å². The monoisotopic (exact) mass is 465 g/mol. The van der Waals surface area contributed by atoms with E-state index in [1.165, 1.54) is 21.9 Å². The summed E-state index contributed by atoms with van der Waals surface area (Å²) in [4.78, 5) is 24.8. The Hall–Kier alpha value is -2.11. The first kappa shape index (κ1) is 20.8. The standard InChI is InChI=1S/C20H24FN5O3S2/c1-11-14-17(20(6-7-20)25(2)18(14)27)30-16(11)15-13(21)10-22-19(24-15)23-12-4-8-26(9-5-12)31(3,28)29/h10,12H,4-9H2,1-3H3,(H,22,23,24). The van der Waals surface area contributed by atoms with Gasteiger partial charge in [0, 0.05) is 31.1 Å². The molecule has 166 valence electrons. The van der Waals surface area contributed by atoms with Crippen LogP contribution in [0.3, 0.4) is 0 Å². The van der Waals surface area contributed by atoms with Crippen LogP contribution in [-0.2, 0) is 15.6 Å². The fraction of sp³-hybridized carbons (Fsp3) is 0.550. The van der Waals surface area contributed by atoms with Crippen molar-refractivity contribution in [2.75, 3.05) is 31.7 Å². The number of hydrogen-bond acceptors (Lipinski definition) is 7. The van der Waals surface area contributed by atoms with E-state index in [0.29, 0.717) is 42.3 Å². The number of nitrogens with one attached hydrogen (secondary N) is 1. The number of thiophene rings is 1. The number of hydrogen-bond donors (Lipinski definition) is 1. The number of piperidine rings is 1. The molecule has 11 heteroatoms. The van der Waals surface area contributed by atoms with Gasteiger partial charge in [0.05, 0.1) is 28.4 Å². The molecule has 2 aromatic heterocycles. The van der Waals surface area contributed by atoms with Gasteiger partial charge in [-0.2, -0.15) is 0 Å². The van der Waals surface area contributed by atoms with Crippen molar-refractivity contribution in [1.82, 2.24) is 19.2 Å². The first-order valence-corrected chi connectivity index (χ1v) is 12.9. The van der Waals surface area contributed by atoms with Gasteiger partial charge in [-0.3, -0.25) is 4.79 Å². The smallest absolute Gasteiger partial charge is 0.255 e. The Morgan fingerprint density at radius 3 is 2.58 bits per heavy atom. The van der Waals surface area contributed by atoms with Crippen molar-refractivity contribution in [3.63, 3.8) is 0 Å². The molecule has 0 radical (unpaired) electrons. The zero-order chi connectivity index (χ0) is 22.1. The van der Waals surface area contributed by atoms with Crippen LogP contribution in [0.1, 0.15) is 46.5 Å². The molecule has 5 rings (SSSR count). The number of rotatable bonds is 4. The van der Waals surface area contributed by atoms with E-state index in [9.17, 15) is 17.6 Å². The highest BCUT2D eigenvalue weighted by molar-refractivity contribution is 7.88. The van der Waals surface area contributed by atoms with Crippen LogP contribution in [0.4, 0.5) is 10.3 Å². The number of halogens is 1. The SMILES string of the molecule is Cc1c(-c2nc(NC3CCN(S(C)(=O)=O)CC3)ncc2F)sc2c1C(=O)N(C)C21CC1. The number of nitrogens with zero attached hydrogens (tertiary/aromatic N) is 4. The third-order valence-corrected chi connectivity index (χ3v) is 9.46. The predicted octanol–water partition coefficient (Wildman–Crippen LogP) is 2.56. The highest BCUT2D eigenvalue weighted by atomic mass is 32.2. The van der Waals surface area contributed by atoms with Crippen LogP contribution in [0.25, 0.3) is 10.6 Å². The van der Waals surface area contributed by atoms with Crippen LogP contribution in [0, 0.1) is 12.7 Å². The first-order chi connectivity index (χ1) is 14.6. The number of anilines is 1. The number of sulfonamides is 1. The highest BCUT2D eigenvalue weighted by Gasteiger charge is 2.58. The summed E-state index contributed by atoms with van der Waals surface area (Å²) in [6, 6.07) is 0.00992. The molecule has 4 heterocycles. The normalized spacial score (nSPS) is 21.0. The molecule has 0 aromatic carbocycles. The second kappa shape index (κ2) is 6.94. The Morgan fingerprint density at radius 1 is 1.29 bits per heavy atom. The maximum atomic E-state index is 14.7. The molecule has 1 N–H and O–H groups in total. The quantitative estimate of drug-likeness (QED) is 0.746. The maximum Gasteiger partial charge on any atom is 0.255 e. The minimum Gasteiger partial charge on any atom is -0.351 e. The molecule has 1 aliphatic carbocycles. The van der Waals surface area contributed by atoms with Gasteiger partial charge < -0.3 is 10.2 Å². The van der Waals surface area contributed by atoms with Crippen LogP contribution >= 0.6 is 11.3 Å². The number of carbonyl (C=O) groups excluding carboxylic acids is 1. The summed E-state index contributed by atoms with van der Waals surface area (Å²) in [7, 11) is -1.36. The van der Waals surface area contributed by atoms with Gasteiger partial charge in [0.1, 0.15) is 5.69 Å². The molecule has 0 atom stereocenters. The van der Waals surface area contributed by atoms with Gasteiger partial charge in [-0.25, -0.2) is 27.1 Å². The topological polar surface area (TPSA) is 95.5 Å². The molecule has 0 bridgehead atoms. The Bertz CT molecular complexity index is 1180. The van der Waals surface area contributed by atoms with E-state index in [1.807, 2.05) is 18.9 Å². The number of fused-ring (bicyclic) bond motifs is 2. The largest absolute Gasteiger partial charge is 0.351 e. The van der Waals surface area contributed by atoms with Gasteiger partial charge in [-0.15, -0.1) is 11.3 Å². The lowest BCUT2D eigenvalue weighted by molar-refractivity contribution is 0.0755. The number of amides is 1. The summed E-state index contributed by atoms with van der Waals surface area (Å²) in [5.74, 6) is -0.212. The van der Waals surface area contributed by atoms with E-state index < -0.39 is 15.8 Å². The minimum absolute atomic E-state index is 0.00190. The molecule has 1 spiro atoms. The van der Waals surface area contributed by atoms with Gasteiger partial charge in [-0.05, 0) is 38.2 Å². The zero-order valence-electron chi connectivity index (χ0n) is 17.6. The van der Waals surface area contributed by atoms with Crippen molar-refractivity contribution < 1.29 is 17.6 Å². The first-order valence-electron chi connectivity index (χ1n) is 10.3. The van der Waals surface area contributed by atoms with Gasteiger partial charge in [0.2, 0.25) is 16.0 Å². The molecule has 1 amide bonds. The van der Waals surface area contributed by atoms with Crippen molar-refractivity contribution in [1.29, 1.82) is 0 Å². The van der Waals surface area contributed by atoms with Crippen molar-refractivity contribution in [2.45, 2.75) is 44.2 Å². The molecular weight excluding hydrogens is 441 g/mol. The summed E-state index contributed by atoms with van der Waals surface area (Å²) in [5.41, 5.74) is 1.46.